The van der Waals surface area contributed by atoms with Crippen molar-refractivity contribution in [3.05, 3.63) is 22.0 Å². The minimum Gasteiger partial charge on any atom is -0.480 e. The predicted octanol–water partition coefficient (Wildman–Crippen LogP) is 1.40. The fourth-order valence-corrected chi connectivity index (χ4v) is 1.26. The average Bonchev–Trinajstić information content (AvgIpc) is 2.17. The summed E-state index contributed by atoms with van der Waals surface area (Å²) in [6.07, 6.45) is 0. The molecular weight excluding hydrogens is 180 g/mol. The van der Waals surface area contributed by atoms with Crippen LogP contribution in [0.5, 0.6) is 5.88 Å². The smallest absolute Gasteiger partial charge is 0.270 e. The SMILES string of the molecule is CCn1nc(OC)cc(C(C)C)c1=O. The van der Waals surface area contributed by atoms with Gasteiger partial charge in [0.05, 0.1) is 7.11 Å². The number of hydrogen-bond donors (Lipinski definition) is 0. The van der Waals surface area contributed by atoms with E-state index in [1.807, 2.05) is 20.8 Å². The monoisotopic (exact) mass is 196 g/mol. The van der Waals surface area contributed by atoms with E-state index in [0.717, 1.165) is 5.56 Å². The number of hydrogen-bond acceptors (Lipinski definition) is 3. The Hall–Kier alpha value is -1.32. The molecule has 4 nitrogen and oxygen atoms in total. The highest BCUT2D eigenvalue weighted by Gasteiger charge is 2.10. The Bertz CT molecular complexity index is 369. The molecule has 0 aliphatic heterocycles. The topological polar surface area (TPSA) is 44.1 Å². The van der Waals surface area contributed by atoms with Crippen molar-refractivity contribution in [3.63, 3.8) is 0 Å². The fourth-order valence-electron chi connectivity index (χ4n) is 1.26. The summed E-state index contributed by atoms with van der Waals surface area (Å²) >= 11 is 0. The molecule has 0 saturated heterocycles. The number of nitrogens with zero attached hydrogens (tertiary/aromatic N) is 2. The molecule has 1 aromatic heterocycles. The second-order valence-corrected chi connectivity index (χ2v) is 3.42. The summed E-state index contributed by atoms with van der Waals surface area (Å²) in [4.78, 5) is 11.8. The molecule has 78 valence electrons. The first-order valence-corrected chi connectivity index (χ1v) is 4.76. The third-order valence-corrected chi connectivity index (χ3v) is 2.11. The first kappa shape index (κ1) is 10.8. The van der Waals surface area contributed by atoms with Crippen LogP contribution in [0.4, 0.5) is 0 Å². The largest absolute Gasteiger partial charge is 0.480 e. The molecule has 0 aliphatic carbocycles. The van der Waals surface area contributed by atoms with E-state index in [-0.39, 0.29) is 11.5 Å². The van der Waals surface area contributed by atoms with E-state index < -0.39 is 0 Å². The van der Waals surface area contributed by atoms with Crippen LogP contribution < -0.4 is 10.3 Å². The molecule has 0 saturated carbocycles. The Kier molecular flexibility index (Phi) is 3.28. The maximum absolute atomic E-state index is 11.8. The maximum atomic E-state index is 11.8. The van der Waals surface area contributed by atoms with Gasteiger partial charge in [-0.1, -0.05) is 13.8 Å². The van der Waals surface area contributed by atoms with Crippen LogP contribution in [0, 0.1) is 0 Å². The van der Waals surface area contributed by atoms with Crippen molar-refractivity contribution >= 4 is 0 Å². The van der Waals surface area contributed by atoms with Crippen LogP contribution >= 0.6 is 0 Å². The van der Waals surface area contributed by atoms with Crippen molar-refractivity contribution in [2.75, 3.05) is 7.11 Å². The standard InChI is InChI=1S/C10H16N2O2/c1-5-12-10(13)8(7(2)3)6-9(11-12)14-4/h6-7H,5H2,1-4H3. The lowest BCUT2D eigenvalue weighted by atomic mass is 10.1. The van der Waals surface area contributed by atoms with Gasteiger partial charge in [-0.2, -0.15) is 0 Å². The molecule has 0 aromatic carbocycles. The van der Waals surface area contributed by atoms with Gasteiger partial charge in [0.2, 0.25) is 5.88 Å². The first-order valence-electron chi connectivity index (χ1n) is 4.76. The van der Waals surface area contributed by atoms with Gasteiger partial charge in [-0.25, -0.2) is 4.68 Å². The number of methoxy groups -OCH3 is 1. The summed E-state index contributed by atoms with van der Waals surface area (Å²) in [5.74, 6) is 0.687. The highest BCUT2D eigenvalue weighted by molar-refractivity contribution is 5.20. The molecule has 0 spiro atoms. The number of aromatic nitrogens is 2. The summed E-state index contributed by atoms with van der Waals surface area (Å²) in [6.45, 7) is 6.42. The van der Waals surface area contributed by atoms with Crippen molar-refractivity contribution in [1.82, 2.24) is 9.78 Å². The van der Waals surface area contributed by atoms with Crippen molar-refractivity contribution in [2.45, 2.75) is 33.2 Å². The van der Waals surface area contributed by atoms with E-state index in [1.165, 1.54) is 4.68 Å². The van der Waals surface area contributed by atoms with Gasteiger partial charge in [0, 0.05) is 18.2 Å². The normalized spacial score (nSPS) is 10.6. The maximum Gasteiger partial charge on any atom is 0.270 e. The van der Waals surface area contributed by atoms with Gasteiger partial charge < -0.3 is 4.74 Å². The number of aryl methyl sites for hydroxylation is 1. The molecule has 1 rings (SSSR count). The van der Waals surface area contributed by atoms with Gasteiger partial charge in [0.15, 0.2) is 0 Å². The summed E-state index contributed by atoms with van der Waals surface area (Å²) in [5.41, 5.74) is 0.724. The molecule has 1 aromatic rings. The van der Waals surface area contributed by atoms with Crippen LogP contribution in [0.3, 0.4) is 0 Å². The zero-order chi connectivity index (χ0) is 10.7. The number of ether oxygens (including phenoxy) is 1. The van der Waals surface area contributed by atoms with Crippen LogP contribution in [-0.4, -0.2) is 16.9 Å². The van der Waals surface area contributed by atoms with E-state index in [9.17, 15) is 4.79 Å². The molecule has 0 bridgehead atoms. The number of rotatable bonds is 3. The van der Waals surface area contributed by atoms with Crippen molar-refractivity contribution in [1.29, 1.82) is 0 Å². The van der Waals surface area contributed by atoms with Crippen molar-refractivity contribution in [3.8, 4) is 5.88 Å². The van der Waals surface area contributed by atoms with E-state index in [2.05, 4.69) is 5.10 Å². The van der Waals surface area contributed by atoms with E-state index in [0.29, 0.717) is 12.4 Å². The van der Waals surface area contributed by atoms with Crippen LogP contribution in [0.15, 0.2) is 10.9 Å². The van der Waals surface area contributed by atoms with Crippen LogP contribution in [-0.2, 0) is 6.54 Å². The predicted molar refractivity (Wildman–Crippen MR) is 54.8 cm³/mol. The summed E-state index contributed by atoms with van der Waals surface area (Å²) in [7, 11) is 1.55. The Morgan fingerprint density at radius 2 is 2.21 bits per heavy atom. The van der Waals surface area contributed by atoms with Crippen molar-refractivity contribution in [2.24, 2.45) is 0 Å². The van der Waals surface area contributed by atoms with E-state index in [1.54, 1.807) is 13.2 Å². The lowest BCUT2D eigenvalue weighted by Crippen LogP contribution is -2.26. The van der Waals surface area contributed by atoms with Gasteiger partial charge in [0.25, 0.3) is 5.56 Å². The van der Waals surface area contributed by atoms with E-state index >= 15 is 0 Å². The molecule has 0 N–H and O–H groups in total. The highest BCUT2D eigenvalue weighted by atomic mass is 16.5. The summed E-state index contributed by atoms with van der Waals surface area (Å²) in [5, 5.41) is 4.03. The highest BCUT2D eigenvalue weighted by Crippen LogP contribution is 2.13. The van der Waals surface area contributed by atoms with E-state index in [4.69, 9.17) is 4.74 Å². The summed E-state index contributed by atoms with van der Waals surface area (Å²) in [6, 6.07) is 1.71. The molecule has 14 heavy (non-hydrogen) atoms. The second-order valence-electron chi connectivity index (χ2n) is 3.42. The van der Waals surface area contributed by atoms with Gasteiger partial charge in [-0.15, -0.1) is 5.10 Å². The van der Waals surface area contributed by atoms with Crippen LogP contribution in [0.2, 0.25) is 0 Å². The molecule has 0 aliphatic rings. The molecule has 0 unspecified atom stereocenters. The zero-order valence-electron chi connectivity index (χ0n) is 9.07. The Labute approximate surface area is 83.5 Å². The minimum absolute atomic E-state index is 0.0247. The van der Waals surface area contributed by atoms with Gasteiger partial charge in [-0.3, -0.25) is 4.79 Å². The molecule has 0 fully saturated rings. The molecular formula is C10H16N2O2. The molecule has 1 heterocycles. The van der Waals surface area contributed by atoms with Crippen LogP contribution in [0.1, 0.15) is 32.3 Å². The van der Waals surface area contributed by atoms with Crippen molar-refractivity contribution < 1.29 is 4.74 Å². The molecule has 0 radical (unpaired) electrons. The fraction of sp³-hybridized carbons (Fsp3) is 0.600. The van der Waals surface area contributed by atoms with Crippen LogP contribution in [0.25, 0.3) is 0 Å². The van der Waals surface area contributed by atoms with Gasteiger partial charge >= 0.3 is 0 Å². The lowest BCUT2D eigenvalue weighted by Gasteiger charge is -2.09. The third-order valence-electron chi connectivity index (χ3n) is 2.11. The lowest BCUT2D eigenvalue weighted by molar-refractivity contribution is 0.375. The Balaban J connectivity index is 3.35. The first-order chi connectivity index (χ1) is 6.60. The zero-order valence-corrected chi connectivity index (χ0v) is 9.07. The van der Waals surface area contributed by atoms with Gasteiger partial charge in [-0.05, 0) is 12.8 Å². The Morgan fingerprint density at radius 3 is 2.64 bits per heavy atom. The quantitative estimate of drug-likeness (QED) is 0.734. The average molecular weight is 196 g/mol. The second kappa shape index (κ2) is 4.26. The molecule has 0 atom stereocenters. The summed E-state index contributed by atoms with van der Waals surface area (Å²) < 4.78 is 6.46. The third kappa shape index (κ3) is 1.95. The molecule has 0 amide bonds. The molecule has 4 heteroatoms. The van der Waals surface area contributed by atoms with Gasteiger partial charge in [0.1, 0.15) is 0 Å². The minimum atomic E-state index is -0.0247. The Morgan fingerprint density at radius 1 is 1.57 bits per heavy atom.